The highest BCUT2D eigenvalue weighted by atomic mass is 15.2. The number of hydrogen-bond acceptors (Lipinski definition) is 5. The van der Waals surface area contributed by atoms with E-state index in [1.54, 1.807) is 0 Å². The van der Waals surface area contributed by atoms with Gasteiger partial charge in [0.2, 0.25) is 5.95 Å². The Hall–Kier alpha value is -2.79. The highest BCUT2D eigenvalue weighted by Gasteiger charge is 2.33. The minimum absolute atomic E-state index is 0.201. The molecule has 3 aromatic rings. The van der Waals surface area contributed by atoms with Crippen LogP contribution in [-0.2, 0) is 19.5 Å². The lowest BCUT2D eigenvalue weighted by Crippen LogP contribution is -2.34. The van der Waals surface area contributed by atoms with Crippen LogP contribution >= 0.6 is 0 Å². The number of anilines is 1. The van der Waals surface area contributed by atoms with Gasteiger partial charge in [-0.3, -0.25) is 4.98 Å². The average molecular weight is 388 g/mol. The van der Waals surface area contributed by atoms with Gasteiger partial charge in [0, 0.05) is 50.3 Å². The standard InChI is InChI=1S/C24H29N5/c1-24(2)13-21(26-15-18-9-11-25-12-10-18)20-16-27-23(28-22(20)14-24)29(3)17-19-7-5-4-6-8-19/h4-12,16,21,26H,13-15,17H2,1-3H3/t21-/m0/s1. The summed E-state index contributed by atoms with van der Waals surface area (Å²) in [6.07, 6.45) is 7.76. The largest absolute Gasteiger partial charge is 0.340 e. The quantitative estimate of drug-likeness (QED) is 0.683. The monoisotopic (exact) mass is 387 g/mol. The molecule has 4 rings (SSSR count). The summed E-state index contributed by atoms with van der Waals surface area (Å²) in [7, 11) is 2.06. The molecule has 150 valence electrons. The molecule has 0 fully saturated rings. The lowest BCUT2D eigenvalue weighted by Gasteiger charge is -2.37. The second-order valence-corrected chi connectivity index (χ2v) is 8.75. The summed E-state index contributed by atoms with van der Waals surface area (Å²) >= 11 is 0. The number of fused-ring (bicyclic) bond motifs is 1. The highest BCUT2D eigenvalue weighted by Crippen LogP contribution is 2.40. The molecule has 1 aliphatic rings. The summed E-state index contributed by atoms with van der Waals surface area (Å²) in [5, 5.41) is 3.72. The maximum Gasteiger partial charge on any atom is 0.225 e. The van der Waals surface area contributed by atoms with Crippen molar-refractivity contribution >= 4 is 5.95 Å². The van der Waals surface area contributed by atoms with E-state index in [0.717, 1.165) is 31.9 Å². The first-order chi connectivity index (χ1) is 14.0. The summed E-state index contributed by atoms with van der Waals surface area (Å²) in [4.78, 5) is 15.9. The zero-order chi connectivity index (χ0) is 20.3. The summed E-state index contributed by atoms with van der Waals surface area (Å²) in [5.74, 6) is 0.790. The second kappa shape index (κ2) is 8.29. The molecule has 5 nitrogen and oxygen atoms in total. The fraction of sp³-hybridized carbons (Fsp3) is 0.375. The van der Waals surface area contributed by atoms with E-state index in [1.165, 1.54) is 22.4 Å². The van der Waals surface area contributed by atoms with Crippen molar-refractivity contribution in [1.82, 2.24) is 20.3 Å². The van der Waals surface area contributed by atoms with Gasteiger partial charge in [0.25, 0.3) is 0 Å². The molecule has 1 aromatic carbocycles. The fourth-order valence-electron chi connectivity index (χ4n) is 4.07. The number of rotatable bonds is 6. The van der Waals surface area contributed by atoms with Crippen molar-refractivity contribution in [3.05, 3.63) is 83.4 Å². The Morgan fingerprint density at radius 3 is 2.59 bits per heavy atom. The summed E-state index contributed by atoms with van der Waals surface area (Å²) in [6, 6.07) is 14.8. The first-order valence-corrected chi connectivity index (χ1v) is 10.2. The number of aromatic nitrogens is 3. The molecule has 5 heteroatoms. The van der Waals surface area contributed by atoms with Gasteiger partial charge >= 0.3 is 0 Å². The molecule has 29 heavy (non-hydrogen) atoms. The summed E-state index contributed by atoms with van der Waals surface area (Å²) in [5.41, 5.74) is 5.10. The van der Waals surface area contributed by atoms with Crippen molar-refractivity contribution in [2.24, 2.45) is 5.41 Å². The van der Waals surface area contributed by atoms with Crippen LogP contribution in [0.25, 0.3) is 0 Å². The lowest BCUT2D eigenvalue weighted by atomic mass is 9.74. The molecule has 0 spiro atoms. The maximum atomic E-state index is 4.98. The first-order valence-electron chi connectivity index (χ1n) is 10.2. The van der Waals surface area contributed by atoms with Crippen molar-refractivity contribution in [2.45, 2.75) is 45.8 Å². The number of nitrogens with zero attached hydrogens (tertiary/aromatic N) is 4. The van der Waals surface area contributed by atoms with Crippen LogP contribution < -0.4 is 10.2 Å². The Morgan fingerprint density at radius 1 is 1.07 bits per heavy atom. The number of nitrogens with one attached hydrogen (secondary N) is 1. The highest BCUT2D eigenvalue weighted by molar-refractivity contribution is 5.37. The van der Waals surface area contributed by atoms with Crippen molar-refractivity contribution in [1.29, 1.82) is 0 Å². The Bertz CT molecular complexity index is 940. The van der Waals surface area contributed by atoms with E-state index >= 15 is 0 Å². The molecule has 1 N–H and O–H groups in total. The van der Waals surface area contributed by atoms with Crippen molar-refractivity contribution in [3.63, 3.8) is 0 Å². The molecule has 1 atom stereocenters. The Kier molecular flexibility index (Phi) is 5.58. The van der Waals surface area contributed by atoms with E-state index in [0.29, 0.717) is 0 Å². The average Bonchev–Trinajstić information content (AvgIpc) is 2.72. The van der Waals surface area contributed by atoms with Crippen LogP contribution in [0.15, 0.2) is 61.1 Å². The first kappa shape index (κ1) is 19.5. The van der Waals surface area contributed by atoms with E-state index in [-0.39, 0.29) is 11.5 Å². The molecule has 0 aliphatic heterocycles. The summed E-state index contributed by atoms with van der Waals surface area (Å²) in [6.45, 7) is 6.27. The second-order valence-electron chi connectivity index (χ2n) is 8.75. The Balaban J connectivity index is 1.53. The van der Waals surface area contributed by atoms with Gasteiger partial charge in [0.05, 0.1) is 5.69 Å². The van der Waals surface area contributed by atoms with E-state index < -0.39 is 0 Å². The van der Waals surface area contributed by atoms with E-state index in [1.807, 2.05) is 24.7 Å². The molecular weight excluding hydrogens is 358 g/mol. The third-order valence-electron chi connectivity index (χ3n) is 5.57. The topological polar surface area (TPSA) is 53.9 Å². The SMILES string of the molecule is CN(Cc1ccccc1)c1ncc2c(n1)CC(C)(C)C[C@@H]2NCc1ccncc1. The number of benzene rings is 1. The van der Waals surface area contributed by atoms with Crippen molar-refractivity contribution < 1.29 is 0 Å². The normalized spacial score (nSPS) is 17.6. The predicted molar refractivity (Wildman–Crippen MR) is 117 cm³/mol. The molecule has 0 unspecified atom stereocenters. The third-order valence-corrected chi connectivity index (χ3v) is 5.57. The Morgan fingerprint density at radius 2 is 1.83 bits per heavy atom. The lowest BCUT2D eigenvalue weighted by molar-refractivity contribution is 0.252. The zero-order valence-electron chi connectivity index (χ0n) is 17.5. The number of hydrogen-bond donors (Lipinski definition) is 1. The van der Waals surface area contributed by atoms with Gasteiger partial charge in [-0.1, -0.05) is 44.2 Å². The van der Waals surface area contributed by atoms with Crippen LogP contribution in [0.5, 0.6) is 0 Å². The third kappa shape index (κ3) is 4.80. The molecule has 1 aliphatic carbocycles. The van der Waals surface area contributed by atoms with Crippen LogP contribution in [0.3, 0.4) is 0 Å². The van der Waals surface area contributed by atoms with Crippen LogP contribution in [-0.4, -0.2) is 22.0 Å². The molecule has 0 amide bonds. The minimum Gasteiger partial charge on any atom is -0.340 e. The van der Waals surface area contributed by atoms with Gasteiger partial charge in [0.15, 0.2) is 0 Å². The zero-order valence-corrected chi connectivity index (χ0v) is 17.5. The molecule has 2 heterocycles. The van der Waals surface area contributed by atoms with Crippen LogP contribution in [0.1, 0.15) is 48.7 Å². The van der Waals surface area contributed by atoms with Gasteiger partial charge in [-0.2, -0.15) is 0 Å². The molecular formula is C24H29N5. The fourth-order valence-corrected chi connectivity index (χ4v) is 4.07. The van der Waals surface area contributed by atoms with Crippen molar-refractivity contribution in [3.8, 4) is 0 Å². The van der Waals surface area contributed by atoms with Gasteiger partial charge in [-0.05, 0) is 41.5 Å². The van der Waals surface area contributed by atoms with Gasteiger partial charge < -0.3 is 10.2 Å². The molecule has 0 bridgehead atoms. The van der Waals surface area contributed by atoms with E-state index in [2.05, 4.69) is 72.5 Å². The van der Waals surface area contributed by atoms with E-state index in [4.69, 9.17) is 9.97 Å². The van der Waals surface area contributed by atoms with Gasteiger partial charge in [-0.25, -0.2) is 9.97 Å². The molecule has 0 saturated carbocycles. The van der Waals surface area contributed by atoms with Gasteiger partial charge in [-0.15, -0.1) is 0 Å². The summed E-state index contributed by atoms with van der Waals surface area (Å²) < 4.78 is 0. The maximum absolute atomic E-state index is 4.98. The smallest absolute Gasteiger partial charge is 0.225 e. The minimum atomic E-state index is 0.201. The molecule has 0 saturated heterocycles. The van der Waals surface area contributed by atoms with Crippen LogP contribution in [0.4, 0.5) is 5.95 Å². The molecule has 2 aromatic heterocycles. The Labute approximate surface area is 173 Å². The van der Waals surface area contributed by atoms with Crippen LogP contribution in [0.2, 0.25) is 0 Å². The predicted octanol–water partition coefficient (Wildman–Crippen LogP) is 4.31. The number of pyridine rings is 1. The van der Waals surface area contributed by atoms with Crippen molar-refractivity contribution in [2.75, 3.05) is 11.9 Å². The molecule has 0 radical (unpaired) electrons. The van der Waals surface area contributed by atoms with E-state index in [9.17, 15) is 0 Å². The van der Waals surface area contributed by atoms with Gasteiger partial charge in [0.1, 0.15) is 0 Å². The van der Waals surface area contributed by atoms with Crippen LogP contribution in [0, 0.1) is 5.41 Å².